The number of aliphatic imine (C=N–C) groups is 2. The van der Waals surface area contributed by atoms with Crippen LogP contribution in [0.2, 0.25) is 0 Å². The van der Waals surface area contributed by atoms with Crippen LogP contribution in [0.25, 0.3) is 0 Å². The van der Waals surface area contributed by atoms with E-state index >= 15 is 0 Å². The fourth-order valence-electron chi connectivity index (χ4n) is 3.82. The van der Waals surface area contributed by atoms with Crippen molar-refractivity contribution in [2.75, 3.05) is 0 Å². The number of benzene rings is 4. The van der Waals surface area contributed by atoms with E-state index in [0.29, 0.717) is 11.1 Å². The number of hydrogen-bond acceptors (Lipinski definition) is 4. The molecule has 2 N–H and O–H groups in total. The quantitative estimate of drug-likeness (QED) is 0.186. The summed E-state index contributed by atoms with van der Waals surface area (Å²) in [5.41, 5.74) is 4.10. The minimum absolute atomic E-state index is 0.182. The van der Waals surface area contributed by atoms with Crippen LogP contribution in [-0.4, -0.2) is 22.6 Å². The maximum atomic E-state index is 11.1. The van der Waals surface area contributed by atoms with Gasteiger partial charge >= 0.3 is 35.6 Å². The summed E-state index contributed by atoms with van der Waals surface area (Å²) in [6, 6.07) is 30.3. The van der Waals surface area contributed by atoms with Gasteiger partial charge in [0.1, 0.15) is 11.5 Å². The number of phenols is 2. The molecule has 0 bridgehead atoms. The molecule has 0 heterocycles. The molecule has 0 atom stereocenters. The Bertz CT molecular complexity index is 1340. The van der Waals surface area contributed by atoms with E-state index in [1.165, 1.54) is 0 Å². The van der Waals surface area contributed by atoms with Gasteiger partial charge in [-0.05, 0) is 42.0 Å². The molecule has 4 aromatic rings. The first-order valence-corrected chi connectivity index (χ1v) is 15.5. The predicted octanol–water partition coefficient (Wildman–Crippen LogP) is 8.30. The van der Waals surface area contributed by atoms with E-state index in [1.807, 2.05) is 84.9 Å². The minimum atomic E-state index is -0.556. The molecule has 0 aliphatic heterocycles. The first-order chi connectivity index (χ1) is 17.4. The molecule has 0 aliphatic carbocycles. The molecule has 0 aliphatic rings. The molecule has 0 saturated carbocycles. The van der Waals surface area contributed by atoms with E-state index in [4.69, 9.17) is 18.6 Å². The number of nitrogens with zero attached hydrogens (tertiary/aromatic N) is 2. The molecule has 0 spiro atoms. The monoisotopic (exact) mass is 552 g/mol. The molecule has 182 valence electrons. The average Bonchev–Trinajstić information content (AvgIpc) is 2.89. The van der Waals surface area contributed by atoms with Crippen molar-refractivity contribution in [2.45, 2.75) is 19.3 Å². The molecular formula is C29H26Cl2N2O2Ti. The van der Waals surface area contributed by atoms with Crippen LogP contribution in [-0.2, 0) is 22.4 Å². The fourth-order valence-corrected chi connectivity index (χ4v) is 3.82. The number of hydrogen-bond donors (Lipinski definition) is 2. The molecule has 4 aromatic carbocycles. The Kier molecular flexibility index (Phi) is 10.3. The third-order valence-corrected chi connectivity index (χ3v) is 5.71. The molecule has 4 rings (SSSR count). The molecule has 4 nitrogen and oxygen atoms in total. The Morgan fingerprint density at radius 3 is 1.94 bits per heavy atom. The van der Waals surface area contributed by atoms with Crippen molar-refractivity contribution >= 4 is 42.4 Å². The maximum absolute atomic E-state index is 11.1. The van der Waals surface area contributed by atoms with E-state index in [-0.39, 0.29) is 11.5 Å². The number of aromatic hydroxyl groups is 2. The first kappa shape index (κ1) is 27.7. The topological polar surface area (TPSA) is 65.2 Å². The van der Waals surface area contributed by atoms with E-state index in [1.54, 1.807) is 24.6 Å². The van der Waals surface area contributed by atoms with E-state index < -0.39 is 22.4 Å². The molecule has 0 amide bonds. The van der Waals surface area contributed by atoms with Gasteiger partial charge in [-0.2, -0.15) is 0 Å². The second-order valence-electron chi connectivity index (χ2n) is 8.37. The summed E-state index contributed by atoms with van der Waals surface area (Å²) >= 11 is -0.556. The third kappa shape index (κ3) is 7.08. The Labute approximate surface area is 228 Å². The van der Waals surface area contributed by atoms with Gasteiger partial charge in [0, 0.05) is 34.5 Å². The number of rotatable bonds is 6. The normalized spacial score (nSPS) is 11.3. The Morgan fingerprint density at radius 1 is 0.667 bits per heavy atom. The number of para-hydroxylation sites is 4. The van der Waals surface area contributed by atoms with Crippen LogP contribution in [0, 0.1) is 0 Å². The zero-order valence-electron chi connectivity index (χ0n) is 19.9. The molecule has 0 fully saturated rings. The van der Waals surface area contributed by atoms with Gasteiger partial charge in [0.25, 0.3) is 0 Å². The van der Waals surface area contributed by atoms with Crippen molar-refractivity contribution in [2.24, 2.45) is 9.98 Å². The summed E-state index contributed by atoms with van der Waals surface area (Å²) in [7, 11) is 9.78. The van der Waals surface area contributed by atoms with Gasteiger partial charge in [-0.1, -0.05) is 74.5 Å². The molecule has 0 radical (unpaired) electrons. The Hall–Kier alpha value is -2.89. The van der Waals surface area contributed by atoms with Gasteiger partial charge in [-0.25, -0.2) is 0 Å². The first-order valence-electron chi connectivity index (χ1n) is 11.2. The molecule has 0 unspecified atom stereocenters. The van der Waals surface area contributed by atoms with Crippen LogP contribution in [0.15, 0.2) is 107 Å². The fraction of sp³-hybridized carbons (Fsp3) is 0.103. The van der Waals surface area contributed by atoms with Crippen molar-refractivity contribution in [3.8, 4) is 11.5 Å². The second-order valence-corrected chi connectivity index (χ2v) is 10.9. The SMILES string of the molecule is CC(C)(c1ccccc1N=Cc1ccccc1O)c1cccc(C=Nc2ccccc2)c1O.[Cl][Ti][Cl]. The van der Waals surface area contributed by atoms with Crippen LogP contribution in [0.4, 0.5) is 11.4 Å². The molecule has 0 aromatic heterocycles. The second kappa shape index (κ2) is 13.4. The molecule has 36 heavy (non-hydrogen) atoms. The third-order valence-electron chi connectivity index (χ3n) is 5.71. The zero-order valence-corrected chi connectivity index (χ0v) is 23.0. The van der Waals surface area contributed by atoms with Crippen LogP contribution >= 0.6 is 18.6 Å². The van der Waals surface area contributed by atoms with E-state index in [2.05, 4.69) is 23.8 Å². The Balaban J connectivity index is 0.00000115. The van der Waals surface area contributed by atoms with Gasteiger partial charge < -0.3 is 10.2 Å². The number of phenolic OH excluding ortho intramolecular Hbond substituents is 2. The van der Waals surface area contributed by atoms with Gasteiger partial charge in [0.05, 0.1) is 11.4 Å². The standard InChI is InChI=1S/C29H26N2O2.2ClH.Ti/c1-29(2,24-15-7-8-17-26(24)31-19-21-11-6-9-18-27(21)32)25-16-10-12-22(28(25)33)20-30-23-13-4-3-5-14-23;;;/h3-20,32-33H,1-2H3;2*1H;/q;;;+2/p-2. The van der Waals surface area contributed by atoms with Gasteiger partial charge in [0.2, 0.25) is 0 Å². The van der Waals surface area contributed by atoms with Gasteiger partial charge in [0.15, 0.2) is 0 Å². The van der Waals surface area contributed by atoms with Crippen molar-refractivity contribution < 1.29 is 27.2 Å². The van der Waals surface area contributed by atoms with Crippen molar-refractivity contribution in [1.29, 1.82) is 0 Å². The Morgan fingerprint density at radius 2 is 1.22 bits per heavy atom. The summed E-state index contributed by atoms with van der Waals surface area (Å²) < 4.78 is 0. The predicted molar refractivity (Wildman–Crippen MR) is 147 cm³/mol. The number of halogens is 2. The molecule has 0 saturated heterocycles. The zero-order chi connectivity index (χ0) is 26.0. The van der Waals surface area contributed by atoms with Crippen LogP contribution in [0.1, 0.15) is 36.1 Å². The summed E-state index contributed by atoms with van der Waals surface area (Å²) in [6.45, 7) is 4.13. The van der Waals surface area contributed by atoms with Gasteiger partial charge in [-0.15, -0.1) is 0 Å². The van der Waals surface area contributed by atoms with E-state index in [9.17, 15) is 10.2 Å². The van der Waals surface area contributed by atoms with Gasteiger partial charge in [-0.3, -0.25) is 9.98 Å². The van der Waals surface area contributed by atoms with Crippen molar-refractivity contribution in [3.05, 3.63) is 119 Å². The summed E-state index contributed by atoms with van der Waals surface area (Å²) in [6.07, 6.45) is 3.35. The van der Waals surface area contributed by atoms with Crippen molar-refractivity contribution in [1.82, 2.24) is 0 Å². The summed E-state index contributed by atoms with van der Waals surface area (Å²) in [4.78, 5) is 9.15. The molecular weight excluding hydrogens is 527 g/mol. The van der Waals surface area contributed by atoms with Crippen LogP contribution < -0.4 is 0 Å². The van der Waals surface area contributed by atoms with Crippen LogP contribution in [0.3, 0.4) is 0 Å². The van der Waals surface area contributed by atoms with E-state index in [0.717, 1.165) is 22.5 Å². The summed E-state index contributed by atoms with van der Waals surface area (Å²) in [5.74, 6) is 0.378. The van der Waals surface area contributed by atoms with Crippen LogP contribution in [0.5, 0.6) is 11.5 Å². The van der Waals surface area contributed by atoms with Crippen molar-refractivity contribution in [3.63, 3.8) is 0 Å². The molecule has 7 heteroatoms. The summed E-state index contributed by atoms with van der Waals surface area (Å²) in [5, 5.41) is 21.2. The average molecular weight is 553 g/mol.